The van der Waals surface area contributed by atoms with Crippen molar-refractivity contribution in [3.8, 4) is 0 Å². The highest BCUT2D eigenvalue weighted by atomic mass is 13.9. The highest BCUT2D eigenvalue weighted by molar-refractivity contribution is 5.27. The van der Waals surface area contributed by atoms with Crippen molar-refractivity contribution < 1.29 is 0 Å². The van der Waals surface area contributed by atoms with E-state index in [2.05, 4.69) is 0 Å². The first-order valence-corrected chi connectivity index (χ1v) is 2.62. The van der Waals surface area contributed by atoms with Crippen molar-refractivity contribution in [3.05, 3.63) is 42.3 Å². The van der Waals surface area contributed by atoms with Gasteiger partial charge in [0.2, 0.25) is 0 Å². The summed E-state index contributed by atoms with van der Waals surface area (Å²) in [5.74, 6) is 0. The maximum atomic E-state index is 5.52. The minimum Gasteiger partial charge on any atom is -0.0620 e. The van der Waals surface area contributed by atoms with Gasteiger partial charge in [-0.1, -0.05) is 24.3 Å². The van der Waals surface area contributed by atoms with Gasteiger partial charge in [-0.2, -0.15) is 0 Å². The van der Waals surface area contributed by atoms with Gasteiger partial charge in [0, 0.05) is 0 Å². The zero-order valence-corrected chi connectivity index (χ0v) is 4.89. The molecule has 0 spiro atoms. The SMILES string of the molecule is [CH]c1ccccc1C. The van der Waals surface area contributed by atoms with Crippen molar-refractivity contribution in [2.24, 2.45) is 0 Å². The second kappa shape index (κ2) is 1.99. The number of rotatable bonds is 0. The topological polar surface area (TPSA) is 0 Å². The average Bonchev–Trinajstić information content (AvgIpc) is 1.77. The minimum absolute atomic E-state index is 0.868. The Kier molecular flexibility index (Phi) is 1.34. The van der Waals surface area contributed by atoms with E-state index < -0.39 is 0 Å². The van der Waals surface area contributed by atoms with Crippen molar-refractivity contribution in [1.29, 1.82) is 0 Å². The second-order valence-corrected chi connectivity index (χ2v) is 1.86. The molecule has 0 aliphatic carbocycles. The lowest BCUT2D eigenvalue weighted by Gasteiger charge is -1.93. The third-order valence-corrected chi connectivity index (χ3v) is 1.19. The van der Waals surface area contributed by atoms with Crippen LogP contribution >= 0.6 is 0 Å². The zero-order valence-electron chi connectivity index (χ0n) is 4.89. The van der Waals surface area contributed by atoms with E-state index in [1.165, 1.54) is 0 Å². The molecule has 1 aromatic rings. The van der Waals surface area contributed by atoms with Crippen LogP contribution in [0.15, 0.2) is 24.3 Å². The van der Waals surface area contributed by atoms with E-state index in [-0.39, 0.29) is 0 Å². The van der Waals surface area contributed by atoms with Gasteiger partial charge in [0.25, 0.3) is 0 Å². The summed E-state index contributed by atoms with van der Waals surface area (Å²) in [4.78, 5) is 0. The number of benzene rings is 1. The Hall–Kier alpha value is -0.780. The van der Waals surface area contributed by atoms with Crippen molar-refractivity contribution >= 4 is 0 Å². The summed E-state index contributed by atoms with van der Waals surface area (Å²) in [5, 5.41) is 0. The van der Waals surface area contributed by atoms with E-state index in [4.69, 9.17) is 6.92 Å². The molecule has 0 saturated heterocycles. The molecule has 0 aliphatic rings. The molecule has 0 saturated carbocycles. The van der Waals surface area contributed by atoms with Gasteiger partial charge in [-0.3, -0.25) is 0 Å². The summed E-state index contributed by atoms with van der Waals surface area (Å²) >= 11 is 0. The van der Waals surface area contributed by atoms with Gasteiger partial charge in [-0.15, -0.1) is 0 Å². The monoisotopic (exact) mass is 104 g/mol. The summed E-state index contributed by atoms with van der Waals surface area (Å²) in [5.41, 5.74) is 2.01. The maximum absolute atomic E-state index is 5.52. The van der Waals surface area contributed by atoms with Crippen LogP contribution in [0.2, 0.25) is 0 Å². The van der Waals surface area contributed by atoms with E-state index in [1.54, 1.807) is 0 Å². The summed E-state index contributed by atoms with van der Waals surface area (Å²) in [6.07, 6.45) is 0. The molecule has 0 N–H and O–H groups in total. The fourth-order valence-electron chi connectivity index (χ4n) is 0.587. The highest BCUT2D eigenvalue weighted by Gasteiger charge is 1.84. The predicted octanol–water partition coefficient (Wildman–Crippen LogP) is 2.05. The van der Waals surface area contributed by atoms with E-state index in [9.17, 15) is 0 Å². The van der Waals surface area contributed by atoms with Crippen LogP contribution in [0.4, 0.5) is 0 Å². The largest absolute Gasteiger partial charge is 0.0620 e. The third-order valence-electron chi connectivity index (χ3n) is 1.19. The van der Waals surface area contributed by atoms with E-state index in [1.807, 2.05) is 31.2 Å². The van der Waals surface area contributed by atoms with E-state index >= 15 is 0 Å². The molecule has 0 heteroatoms. The van der Waals surface area contributed by atoms with Crippen LogP contribution in [-0.4, -0.2) is 0 Å². The van der Waals surface area contributed by atoms with Crippen molar-refractivity contribution in [3.63, 3.8) is 0 Å². The fraction of sp³-hybridized carbons (Fsp3) is 0.125. The maximum Gasteiger partial charge on any atom is -0.000922 e. The fourth-order valence-corrected chi connectivity index (χ4v) is 0.587. The molecule has 0 nitrogen and oxygen atoms in total. The third kappa shape index (κ3) is 0.890. The lowest BCUT2D eigenvalue weighted by molar-refractivity contribution is 1.42. The molecule has 0 heterocycles. The van der Waals surface area contributed by atoms with Crippen LogP contribution in [0, 0.1) is 13.8 Å². The molecule has 1 aromatic carbocycles. The zero-order chi connectivity index (χ0) is 5.98. The molecule has 0 bridgehead atoms. The Balaban J connectivity index is 3.13. The smallest absolute Gasteiger partial charge is 0.000922 e. The van der Waals surface area contributed by atoms with E-state index in [0.29, 0.717) is 0 Å². The first-order valence-electron chi connectivity index (χ1n) is 2.62. The lowest BCUT2D eigenvalue weighted by atomic mass is 10.1. The highest BCUT2D eigenvalue weighted by Crippen LogP contribution is 2.02. The van der Waals surface area contributed by atoms with Crippen molar-refractivity contribution in [2.45, 2.75) is 6.92 Å². The van der Waals surface area contributed by atoms with Crippen LogP contribution in [0.1, 0.15) is 11.1 Å². The number of hydrogen-bond donors (Lipinski definition) is 0. The molecule has 0 aliphatic heterocycles. The number of hydrogen-bond acceptors (Lipinski definition) is 0. The van der Waals surface area contributed by atoms with Gasteiger partial charge in [0.1, 0.15) is 0 Å². The lowest BCUT2D eigenvalue weighted by Crippen LogP contribution is -1.74. The molecule has 40 valence electrons. The van der Waals surface area contributed by atoms with Gasteiger partial charge in [0.15, 0.2) is 0 Å². The summed E-state index contributed by atoms with van der Waals surface area (Å²) in [6.45, 7) is 7.52. The normalized spacial score (nSPS) is 9.25. The predicted molar refractivity (Wildman–Crippen MR) is 34.6 cm³/mol. The molecule has 0 amide bonds. The van der Waals surface area contributed by atoms with Gasteiger partial charge in [-0.25, -0.2) is 0 Å². The minimum atomic E-state index is 0.868. The van der Waals surface area contributed by atoms with Crippen LogP contribution in [0.5, 0.6) is 0 Å². The van der Waals surface area contributed by atoms with Gasteiger partial charge < -0.3 is 0 Å². The van der Waals surface area contributed by atoms with Gasteiger partial charge in [-0.05, 0) is 25.0 Å². The van der Waals surface area contributed by atoms with Crippen LogP contribution in [0.3, 0.4) is 0 Å². The Morgan fingerprint density at radius 1 is 1.25 bits per heavy atom. The van der Waals surface area contributed by atoms with Crippen LogP contribution < -0.4 is 0 Å². The Bertz CT molecular complexity index is 156. The van der Waals surface area contributed by atoms with Crippen LogP contribution in [-0.2, 0) is 0 Å². The molecule has 0 aromatic heterocycles. The van der Waals surface area contributed by atoms with Crippen LogP contribution in [0.25, 0.3) is 0 Å². The summed E-state index contributed by atoms with van der Waals surface area (Å²) in [6, 6.07) is 7.80. The van der Waals surface area contributed by atoms with E-state index in [0.717, 1.165) is 11.1 Å². The van der Waals surface area contributed by atoms with Crippen molar-refractivity contribution in [2.75, 3.05) is 0 Å². The summed E-state index contributed by atoms with van der Waals surface area (Å²) < 4.78 is 0. The summed E-state index contributed by atoms with van der Waals surface area (Å²) in [7, 11) is 0. The molecule has 2 radical (unpaired) electrons. The van der Waals surface area contributed by atoms with Gasteiger partial charge in [0.05, 0.1) is 0 Å². The Morgan fingerprint density at radius 2 is 1.88 bits per heavy atom. The first-order chi connectivity index (χ1) is 3.80. The molecule has 0 unspecified atom stereocenters. The Labute approximate surface area is 50.2 Å². The molecule has 0 fully saturated rings. The molecular formula is C8H8. The molecule has 0 atom stereocenters. The number of aryl methyl sites for hydroxylation is 1. The van der Waals surface area contributed by atoms with Crippen molar-refractivity contribution in [1.82, 2.24) is 0 Å². The molecule has 8 heavy (non-hydrogen) atoms. The van der Waals surface area contributed by atoms with Gasteiger partial charge >= 0.3 is 0 Å². The molecular weight excluding hydrogens is 96.1 g/mol. The quantitative estimate of drug-likeness (QED) is 0.472. The average molecular weight is 104 g/mol. The second-order valence-electron chi connectivity index (χ2n) is 1.86. The Morgan fingerprint density at radius 3 is 2.25 bits per heavy atom. The first kappa shape index (κ1) is 5.36. The molecule has 1 rings (SSSR count). The standard InChI is InChI=1S/C8H8/c1-7-5-3-4-6-8(7)2/h1,3-6H,2H3.